The average Bonchev–Trinajstić information content (AvgIpc) is 1.66. The zero-order valence-electron chi connectivity index (χ0n) is 6.11. The van der Waals surface area contributed by atoms with E-state index in [1.54, 1.807) is 0 Å². The summed E-state index contributed by atoms with van der Waals surface area (Å²) in [6, 6.07) is 1.33. The van der Waals surface area contributed by atoms with E-state index in [4.69, 9.17) is 4.43 Å². The molecule has 0 spiro atoms. The average molecular weight is 132 g/mol. The van der Waals surface area contributed by atoms with Gasteiger partial charge in [-0.3, -0.25) is 0 Å². The number of hydrogen-bond acceptors (Lipinski definition) is 1. The smallest absolute Gasteiger partial charge is 0.161 e. The Morgan fingerprint density at radius 2 is 2.12 bits per heavy atom. The molecule has 0 saturated carbocycles. The van der Waals surface area contributed by atoms with Crippen LogP contribution < -0.4 is 0 Å². The molecule has 0 heterocycles. The molecule has 1 nitrogen and oxygen atoms in total. The molecule has 0 amide bonds. The predicted octanol–water partition coefficient (Wildman–Crippen LogP) is 1.18. The molecule has 0 saturated heterocycles. The Hall–Kier alpha value is 0.177. The van der Waals surface area contributed by atoms with Gasteiger partial charge in [0.05, 0.1) is 0 Å². The molecule has 0 unspecified atom stereocenters. The summed E-state index contributed by atoms with van der Waals surface area (Å²) in [5.41, 5.74) is 0. The van der Waals surface area contributed by atoms with Gasteiger partial charge in [0.15, 0.2) is 9.76 Å². The summed E-state index contributed by atoms with van der Waals surface area (Å²) in [5, 5.41) is 0. The van der Waals surface area contributed by atoms with Crippen molar-refractivity contribution in [3.05, 3.63) is 0 Å². The third-order valence-corrected chi connectivity index (χ3v) is 3.13. The largest absolute Gasteiger partial charge is 0.424 e. The predicted molar refractivity (Wildman–Crippen MR) is 39.8 cm³/mol. The molecule has 0 atom stereocenters. The summed E-state index contributed by atoms with van der Waals surface area (Å²) in [4.78, 5) is 0. The minimum absolute atomic E-state index is 0.136. The van der Waals surface area contributed by atoms with Gasteiger partial charge in [-0.25, -0.2) is 0 Å². The molecule has 0 aliphatic carbocycles. The maximum absolute atomic E-state index is 5.28. The second-order valence-electron chi connectivity index (χ2n) is 2.38. The van der Waals surface area contributed by atoms with Crippen LogP contribution in [0.15, 0.2) is 0 Å². The Morgan fingerprint density at radius 1 is 1.50 bits per heavy atom. The van der Waals surface area contributed by atoms with Crippen LogP contribution in [0.2, 0.25) is 6.04 Å². The fourth-order valence-electron chi connectivity index (χ4n) is 0.463. The van der Waals surface area contributed by atoms with Crippen molar-refractivity contribution in [3.8, 4) is 0 Å². The first-order valence-corrected chi connectivity index (χ1v) is 4.92. The normalized spacial score (nSPS) is 12.0. The fraction of sp³-hybridized carbons (Fsp3) is 1.00. The maximum Gasteiger partial charge on any atom is 0.161 e. The Bertz CT molecular complexity index is 45.8. The molecule has 0 aromatic heterocycles. The third-order valence-electron chi connectivity index (χ3n) is 1.04. The highest BCUT2D eigenvalue weighted by atomic mass is 28.2. The lowest BCUT2D eigenvalue weighted by Crippen LogP contribution is -2.00. The maximum atomic E-state index is 5.28. The summed E-state index contributed by atoms with van der Waals surface area (Å²) < 4.78 is 5.28. The van der Waals surface area contributed by atoms with Gasteiger partial charge in [-0.1, -0.05) is 13.8 Å². The van der Waals surface area contributed by atoms with E-state index in [1.807, 2.05) is 0 Å². The summed E-state index contributed by atoms with van der Waals surface area (Å²) in [6.07, 6.45) is 0. The van der Waals surface area contributed by atoms with Gasteiger partial charge in [-0.05, 0) is 18.9 Å². The van der Waals surface area contributed by atoms with E-state index < -0.39 is 0 Å². The first-order chi connectivity index (χ1) is 3.77. The zero-order chi connectivity index (χ0) is 6.41. The van der Waals surface area contributed by atoms with Gasteiger partial charge in [0.2, 0.25) is 0 Å². The lowest BCUT2D eigenvalue weighted by Gasteiger charge is -2.01. The molecule has 0 fully saturated rings. The van der Waals surface area contributed by atoms with Crippen LogP contribution in [0.3, 0.4) is 0 Å². The molecular weight excluding hydrogens is 116 g/mol. The van der Waals surface area contributed by atoms with E-state index >= 15 is 0 Å². The van der Waals surface area contributed by atoms with Gasteiger partial charge >= 0.3 is 0 Å². The highest BCUT2D eigenvalue weighted by molar-refractivity contribution is 6.27. The van der Waals surface area contributed by atoms with Gasteiger partial charge in [-0.2, -0.15) is 0 Å². The van der Waals surface area contributed by atoms with Crippen LogP contribution in [-0.2, 0) is 4.43 Å². The first-order valence-electron chi connectivity index (χ1n) is 3.35. The topological polar surface area (TPSA) is 9.23 Å². The van der Waals surface area contributed by atoms with E-state index in [0.717, 1.165) is 12.5 Å². The summed E-state index contributed by atoms with van der Waals surface area (Å²) in [5.74, 6) is 0.841. The number of rotatable bonds is 4. The quantitative estimate of drug-likeness (QED) is 0.412. The van der Waals surface area contributed by atoms with Crippen LogP contribution in [-0.4, -0.2) is 16.4 Å². The molecule has 0 aliphatic rings. The molecule has 50 valence electrons. The fourth-order valence-corrected chi connectivity index (χ4v) is 1.39. The van der Waals surface area contributed by atoms with E-state index in [-0.39, 0.29) is 9.76 Å². The van der Waals surface area contributed by atoms with Crippen LogP contribution in [0.1, 0.15) is 20.8 Å². The van der Waals surface area contributed by atoms with Crippen LogP contribution in [0.25, 0.3) is 0 Å². The van der Waals surface area contributed by atoms with Gasteiger partial charge < -0.3 is 4.43 Å². The SMILES string of the molecule is CCO[SiH2]CC(C)C. The Kier molecular flexibility index (Phi) is 5.43. The van der Waals surface area contributed by atoms with Crippen LogP contribution in [0.5, 0.6) is 0 Å². The summed E-state index contributed by atoms with van der Waals surface area (Å²) in [7, 11) is -0.136. The highest BCUT2D eigenvalue weighted by Crippen LogP contribution is 1.97. The van der Waals surface area contributed by atoms with E-state index in [1.165, 1.54) is 6.04 Å². The second-order valence-corrected chi connectivity index (χ2v) is 3.77. The molecule has 0 bridgehead atoms. The lowest BCUT2D eigenvalue weighted by molar-refractivity contribution is 0.356. The van der Waals surface area contributed by atoms with Crippen molar-refractivity contribution in [2.75, 3.05) is 6.61 Å². The van der Waals surface area contributed by atoms with Crippen molar-refractivity contribution in [1.82, 2.24) is 0 Å². The first kappa shape index (κ1) is 8.18. The van der Waals surface area contributed by atoms with Crippen molar-refractivity contribution in [1.29, 1.82) is 0 Å². The molecular formula is C6H16OSi. The molecule has 0 radical (unpaired) electrons. The van der Waals surface area contributed by atoms with Crippen molar-refractivity contribution in [3.63, 3.8) is 0 Å². The van der Waals surface area contributed by atoms with E-state index in [9.17, 15) is 0 Å². The second kappa shape index (κ2) is 5.32. The van der Waals surface area contributed by atoms with Gasteiger partial charge in [-0.15, -0.1) is 0 Å². The van der Waals surface area contributed by atoms with Gasteiger partial charge in [0.25, 0.3) is 0 Å². The van der Waals surface area contributed by atoms with Gasteiger partial charge in [0, 0.05) is 6.61 Å². The minimum atomic E-state index is -0.136. The van der Waals surface area contributed by atoms with Crippen molar-refractivity contribution < 1.29 is 4.43 Å². The third kappa shape index (κ3) is 6.18. The molecule has 0 aliphatic heterocycles. The summed E-state index contributed by atoms with van der Waals surface area (Å²) in [6.45, 7) is 7.46. The lowest BCUT2D eigenvalue weighted by atomic mass is 10.3. The molecule has 0 aromatic rings. The molecule has 0 N–H and O–H groups in total. The summed E-state index contributed by atoms with van der Waals surface area (Å²) >= 11 is 0. The zero-order valence-corrected chi connectivity index (χ0v) is 7.52. The number of hydrogen-bond donors (Lipinski definition) is 0. The van der Waals surface area contributed by atoms with Crippen molar-refractivity contribution in [2.45, 2.75) is 26.8 Å². The molecule has 2 heteroatoms. The standard InChI is InChI=1S/C6H16OSi/c1-4-7-8-5-6(2)3/h6H,4-5,8H2,1-3H3. The molecule has 0 aromatic carbocycles. The minimum Gasteiger partial charge on any atom is -0.424 e. The Labute approximate surface area is 54.4 Å². The molecule has 0 rings (SSSR count). The van der Waals surface area contributed by atoms with Gasteiger partial charge in [0.1, 0.15) is 0 Å². The van der Waals surface area contributed by atoms with Crippen LogP contribution >= 0.6 is 0 Å². The van der Waals surface area contributed by atoms with Crippen molar-refractivity contribution in [2.24, 2.45) is 5.92 Å². The van der Waals surface area contributed by atoms with E-state index in [2.05, 4.69) is 20.8 Å². The van der Waals surface area contributed by atoms with E-state index in [0.29, 0.717) is 0 Å². The van der Waals surface area contributed by atoms with Crippen molar-refractivity contribution >= 4 is 9.76 Å². The highest BCUT2D eigenvalue weighted by Gasteiger charge is 1.91. The Morgan fingerprint density at radius 3 is 2.50 bits per heavy atom. The Balaban J connectivity index is 2.72. The van der Waals surface area contributed by atoms with Crippen LogP contribution in [0.4, 0.5) is 0 Å². The monoisotopic (exact) mass is 132 g/mol. The molecule has 8 heavy (non-hydrogen) atoms. The van der Waals surface area contributed by atoms with Crippen LogP contribution in [0, 0.1) is 5.92 Å².